The number of anilines is 1. The molecule has 1 saturated heterocycles. The smallest absolute Gasteiger partial charge is 0.308 e. The number of nitrogens with zero attached hydrogens (tertiary/aromatic N) is 3. The van der Waals surface area contributed by atoms with Crippen molar-refractivity contribution in [2.45, 2.75) is 6.42 Å². The fourth-order valence-electron chi connectivity index (χ4n) is 3.93. The van der Waals surface area contributed by atoms with Gasteiger partial charge in [-0.25, -0.2) is 4.39 Å². The second-order valence-corrected chi connectivity index (χ2v) is 7.77. The third-order valence-electron chi connectivity index (χ3n) is 5.68. The lowest BCUT2D eigenvalue weighted by Gasteiger charge is -2.11. The first-order chi connectivity index (χ1) is 15.6. The maximum absolute atomic E-state index is 13.2. The maximum atomic E-state index is 13.2. The first kappa shape index (κ1) is 19.9. The topological polar surface area (TPSA) is 79.5 Å². The zero-order chi connectivity index (χ0) is 22.1. The molecule has 0 aliphatic carbocycles. The Morgan fingerprint density at radius 3 is 2.31 bits per heavy atom. The van der Waals surface area contributed by atoms with Crippen molar-refractivity contribution in [1.82, 2.24) is 9.97 Å². The Morgan fingerprint density at radius 2 is 1.69 bits per heavy atom. The van der Waals surface area contributed by atoms with Crippen LogP contribution >= 0.6 is 0 Å². The predicted octanol–water partition coefficient (Wildman–Crippen LogP) is 5.12. The number of pyridine rings is 1. The van der Waals surface area contributed by atoms with Gasteiger partial charge in [0.05, 0.1) is 5.92 Å². The predicted molar refractivity (Wildman–Crippen MR) is 119 cm³/mol. The van der Waals surface area contributed by atoms with Crippen LogP contribution in [-0.4, -0.2) is 34.1 Å². The highest BCUT2D eigenvalue weighted by atomic mass is 19.1. The number of hydrogen-bond acceptors (Lipinski definition) is 5. The van der Waals surface area contributed by atoms with Gasteiger partial charge in [0, 0.05) is 36.6 Å². The van der Waals surface area contributed by atoms with E-state index < -0.39 is 11.9 Å². The molecule has 1 unspecified atom stereocenters. The summed E-state index contributed by atoms with van der Waals surface area (Å²) in [6.07, 6.45) is 3.96. The minimum Gasteiger partial charge on any atom is -0.481 e. The number of carboxylic acid groups (broad SMARTS) is 1. The van der Waals surface area contributed by atoms with Crippen molar-refractivity contribution >= 4 is 12.0 Å². The summed E-state index contributed by atoms with van der Waals surface area (Å²) in [5.41, 5.74) is 4.20. The molecule has 7 heteroatoms. The summed E-state index contributed by atoms with van der Waals surface area (Å²) in [7, 11) is 0. The summed E-state index contributed by atoms with van der Waals surface area (Å²) < 4.78 is 19.4. The van der Waals surface area contributed by atoms with Gasteiger partial charge in [-0.05, 0) is 41.8 Å². The number of aliphatic carboxylic acids is 1. The molecule has 1 N–H and O–H groups in total. The van der Waals surface area contributed by atoms with E-state index in [4.69, 9.17) is 9.40 Å². The van der Waals surface area contributed by atoms with Crippen LogP contribution in [-0.2, 0) is 4.79 Å². The van der Waals surface area contributed by atoms with Gasteiger partial charge < -0.3 is 14.4 Å². The van der Waals surface area contributed by atoms with Crippen LogP contribution in [0.3, 0.4) is 0 Å². The van der Waals surface area contributed by atoms with Crippen molar-refractivity contribution in [3.05, 3.63) is 78.9 Å². The van der Waals surface area contributed by atoms with Crippen LogP contribution in [0.15, 0.2) is 77.5 Å². The molecular formula is C25H20FN3O3. The lowest BCUT2D eigenvalue weighted by molar-refractivity contribution is -0.140. The summed E-state index contributed by atoms with van der Waals surface area (Å²) in [5.74, 6) is -0.916. The highest BCUT2D eigenvalue weighted by Crippen LogP contribution is 2.37. The number of hydrogen-bond donors (Lipinski definition) is 1. The second-order valence-electron chi connectivity index (χ2n) is 7.77. The fourth-order valence-corrected chi connectivity index (χ4v) is 3.93. The van der Waals surface area contributed by atoms with E-state index in [0.717, 1.165) is 22.3 Å². The van der Waals surface area contributed by atoms with E-state index in [9.17, 15) is 14.3 Å². The van der Waals surface area contributed by atoms with Crippen molar-refractivity contribution in [3.63, 3.8) is 0 Å². The van der Waals surface area contributed by atoms with Crippen molar-refractivity contribution in [1.29, 1.82) is 0 Å². The number of oxazole rings is 1. The zero-order valence-electron chi connectivity index (χ0n) is 17.1. The number of benzene rings is 2. The van der Waals surface area contributed by atoms with Gasteiger partial charge in [0.2, 0.25) is 0 Å². The van der Waals surface area contributed by atoms with E-state index in [-0.39, 0.29) is 5.82 Å². The quantitative estimate of drug-likeness (QED) is 0.474. The van der Waals surface area contributed by atoms with Crippen LogP contribution in [0.25, 0.3) is 33.7 Å². The van der Waals surface area contributed by atoms with Gasteiger partial charge in [-0.15, -0.1) is 0 Å². The summed E-state index contributed by atoms with van der Waals surface area (Å²) >= 11 is 0. The van der Waals surface area contributed by atoms with Crippen LogP contribution in [0, 0.1) is 11.7 Å². The highest BCUT2D eigenvalue weighted by Gasteiger charge is 2.31. The Balaban J connectivity index is 1.51. The fraction of sp³-hybridized carbons (Fsp3) is 0.160. The minimum absolute atomic E-state index is 0.270. The molecule has 2 aromatic carbocycles. The average Bonchev–Trinajstić information content (AvgIpc) is 3.48. The number of carboxylic acids is 1. The van der Waals surface area contributed by atoms with Crippen LogP contribution in [0.5, 0.6) is 0 Å². The van der Waals surface area contributed by atoms with E-state index in [1.165, 1.54) is 12.1 Å². The third-order valence-corrected chi connectivity index (χ3v) is 5.68. The summed E-state index contributed by atoms with van der Waals surface area (Å²) in [4.78, 5) is 22.1. The molecule has 2 aromatic heterocycles. The van der Waals surface area contributed by atoms with Crippen LogP contribution < -0.4 is 4.90 Å². The largest absolute Gasteiger partial charge is 0.481 e. The van der Waals surface area contributed by atoms with Crippen molar-refractivity contribution in [3.8, 4) is 33.7 Å². The number of aromatic nitrogens is 2. The Hall–Kier alpha value is -4.00. The molecule has 6 nitrogen and oxygen atoms in total. The molecule has 0 bridgehead atoms. The number of halogens is 1. The van der Waals surface area contributed by atoms with Crippen molar-refractivity contribution in [2.24, 2.45) is 5.92 Å². The first-order valence-electron chi connectivity index (χ1n) is 10.3. The van der Waals surface area contributed by atoms with Gasteiger partial charge in [0.25, 0.3) is 6.01 Å². The van der Waals surface area contributed by atoms with E-state index in [1.54, 1.807) is 24.5 Å². The Bertz CT molecular complexity index is 1240. The molecule has 4 aromatic rings. The maximum Gasteiger partial charge on any atom is 0.308 e. The van der Waals surface area contributed by atoms with Gasteiger partial charge in [0.15, 0.2) is 5.76 Å². The lowest BCUT2D eigenvalue weighted by Crippen LogP contribution is -2.22. The van der Waals surface area contributed by atoms with Gasteiger partial charge in [-0.2, -0.15) is 4.98 Å². The SMILES string of the molecule is O=C(O)C1CCN(c2nc(-c3ccc(-c4ccc(F)cc4)cc3)c(-c3cccnc3)o2)C1. The van der Waals surface area contributed by atoms with Crippen molar-refractivity contribution in [2.75, 3.05) is 18.0 Å². The Labute approximate surface area is 184 Å². The van der Waals surface area contributed by atoms with E-state index in [1.807, 2.05) is 41.3 Å². The van der Waals surface area contributed by atoms with Crippen LogP contribution in [0.2, 0.25) is 0 Å². The third kappa shape index (κ3) is 3.85. The molecule has 0 saturated carbocycles. The lowest BCUT2D eigenvalue weighted by atomic mass is 10.0. The van der Waals surface area contributed by atoms with Gasteiger partial charge in [-0.3, -0.25) is 9.78 Å². The summed E-state index contributed by atoms with van der Waals surface area (Å²) in [6.45, 7) is 0.943. The molecule has 1 aliphatic heterocycles. The van der Waals surface area contributed by atoms with Crippen LogP contribution in [0.1, 0.15) is 6.42 Å². The molecule has 0 radical (unpaired) electrons. The van der Waals surface area contributed by atoms with Crippen LogP contribution in [0.4, 0.5) is 10.4 Å². The first-order valence-corrected chi connectivity index (χ1v) is 10.3. The molecule has 32 heavy (non-hydrogen) atoms. The molecule has 3 heterocycles. The molecule has 1 fully saturated rings. The monoisotopic (exact) mass is 429 g/mol. The van der Waals surface area contributed by atoms with Gasteiger partial charge in [-0.1, -0.05) is 36.4 Å². The highest BCUT2D eigenvalue weighted by molar-refractivity contribution is 5.79. The molecule has 5 rings (SSSR count). The van der Waals surface area contributed by atoms with Gasteiger partial charge in [0.1, 0.15) is 11.5 Å². The van der Waals surface area contributed by atoms with Crippen molar-refractivity contribution < 1.29 is 18.7 Å². The summed E-state index contributed by atoms with van der Waals surface area (Å²) in [5, 5.41) is 9.32. The normalized spacial score (nSPS) is 15.8. The standard InChI is InChI=1S/C25H20FN3O3/c26-21-9-7-17(8-10-21)16-3-5-18(6-4-16)22-23(19-2-1-12-27-14-19)32-25(28-22)29-13-11-20(15-29)24(30)31/h1-10,12,14,20H,11,13,15H2,(H,30,31). The Kier molecular flexibility index (Phi) is 5.15. The second kappa shape index (κ2) is 8.26. The van der Waals surface area contributed by atoms with E-state index in [2.05, 4.69) is 4.98 Å². The van der Waals surface area contributed by atoms with E-state index >= 15 is 0 Å². The zero-order valence-corrected chi connectivity index (χ0v) is 17.1. The molecule has 0 spiro atoms. The molecule has 0 amide bonds. The van der Waals surface area contributed by atoms with E-state index in [0.29, 0.717) is 37.0 Å². The minimum atomic E-state index is -0.803. The number of carbonyl (C=O) groups is 1. The molecular weight excluding hydrogens is 409 g/mol. The molecule has 1 aliphatic rings. The number of rotatable bonds is 5. The average molecular weight is 429 g/mol. The summed E-state index contributed by atoms with van der Waals surface area (Å²) in [6, 6.07) is 18.3. The van der Waals surface area contributed by atoms with Gasteiger partial charge >= 0.3 is 5.97 Å². The molecule has 160 valence electrons. The molecule has 1 atom stereocenters. The Morgan fingerprint density at radius 1 is 1.00 bits per heavy atom.